The number of nitrogens with one attached hydrogen (secondary N) is 1. The number of sulfonamides is 1. The fraction of sp³-hybridized carbons (Fsp3) is 0.257. The minimum atomic E-state index is -4.16. The summed E-state index contributed by atoms with van der Waals surface area (Å²) in [7, 11) is -4.16. The van der Waals surface area contributed by atoms with E-state index in [9.17, 15) is 18.0 Å². The van der Waals surface area contributed by atoms with E-state index in [1.165, 1.54) is 17.0 Å². The first-order valence-electron chi connectivity index (χ1n) is 14.6. The molecule has 0 fully saturated rings. The van der Waals surface area contributed by atoms with Crippen LogP contribution in [-0.2, 0) is 26.0 Å². The zero-order valence-electron chi connectivity index (χ0n) is 25.5. The van der Waals surface area contributed by atoms with Crippen molar-refractivity contribution in [3.05, 3.63) is 120 Å². The monoisotopic (exact) mass is 613 g/mol. The predicted molar refractivity (Wildman–Crippen MR) is 173 cm³/mol. The van der Waals surface area contributed by atoms with Crippen LogP contribution >= 0.6 is 0 Å². The Labute approximate surface area is 260 Å². The highest BCUT2D eigenvalue weighted by atomic mass is 32.2. The summed E-state index contributed by atoms with van der Waals surface area (Å²) in [5.74, 6) is 0.356. The van der Waals surface area contributed by atoms with E-state index in [-0.39, 0.29) is 23.4 Å². The van der Waals surface area contributed by atoms with Crippen molar-refractivity contribution < 1.29 is 22.7 Å². The molecule has 44 heavy (non-hydrogen) atoms. The molecule has 8 nitrogen and oxygen atoms in total. The number of hydrogen-bond acceptors (Lipinski definition) is 5. The highest BCUT2D eigenvalue weighted by Crippen LogP contribution is 2.28. The number of nitrogens with zero attached hydrogens (tertiary/aromatic N) is 2. The molecular formula is C35H39N3O5S. The van der Waals surface area contributed by atoms with Crippen LogP contribution in [0, 0.1) is 6.92 Å². The van der Waals surface area contributed by atoms with E-state index in [1.54, 1.807) is 43.3 Å². The summed E-state index contributed by atoms with van der Waals surface area (Å²) < 4.78 is 35.1. The molecule has 0 aliphatic rings. The Bertz CT molecular complexity index is 1630. The van der Waals surface area contributed by atoms with Crippen LogP contribution in [0.4, 0.5) is 5.69 Å². The molecule has 0 saturated carbocycles. The van der Waals surface area contributed by atoms with Crippen molar-refractivity contribution in [1.29, 1.82) is 0 Å². The summed E-state index contributed by atoms with van der Waals surface area (Å²) in [4.78, 5) is 28.6. The van der Waals surface area contributed by atoms with Gasteiger partial charge in [0.05, 0.1) is 10.6 Å². The normalized spacial score (nSPS) is 11.9. The maximum Gasteiger partial charge on any atom is 0.264 e. The second-order valence-corrected chi connectivity index (χ2v) is 12.8. The average molecular weight is 614 g/mol. The van der Waals surface area contributed by atoms with Gasteiger partial charge in [-0.25, -0.2) is 8.42 Å². The second-order valence-electron chi connectivity index (χ2n) is 10.9. The Morgan fingerprint density at radius 1 is 0.773 bits per heavy atom. The minimum Gasteiger partial charge on any atom is -0.457 e. The SMILES string of the molecule is Cc1ccc(S(=O)(=O)N(CC(=O)N(CCc2ccccc2)[C@H](C)C(=O)NC(C)C)c2ccc(Oc3ccccc3)cc2)cc1. The first-order chi connectivity index (χ1) is 21.0. The third-order valence-corrected chi connectivity index (χ3v) is 8.86. The molecule has 4 aromatic carbocycles. The molecule has 1 N–H and O–H groups in total. The number of hydrogen-bond donors (Lipinski definition) is 1. The quantitative estimate of drug-likeness (QED) is 0.201. The van der Waals surface area contributed by atoms with Crippen molar-refractivity contribution in [2.45, 2.75) is 51.1 Å². The number of benzene rings is 4. The second kappa shape index (κ2) is 14.7. The fourth-order valence-electron chi connectivity index (χ4n) is 4.65. The Morgan fingerprint density at radius 3 is 1.93 bits per heavy atom. The van der Waals surface area contributed by atoms with E-state index in [0.717, 1.165) is 15.4 Å². The lowest BCUT2D eigenvalue weighted by Gasteiger charge is -2.32. The van der Waals surface area contributed by atoms with Crippen LogP contribution in [0.3, 0.4) is 0 Å². The van der Waals surface area contributed by atoms with Crippen molar-refractivity contribution in [3.63, 3.8) is 0 Å². The van der Waals surface area contributed by atoms with Gasteiger partial charge in [0.2, 0.25) is 11.8 Å². The molecule has 0 unspecified atom stereocenters. The third-order valence-electron chi connectivity index (χ3n) is 7.07. The van der Waals surface area contributed by atoms with Crippen molar-refractivity contribution >= 4 is 27.5 Å². The van der Waals surface area contributed by atoms with Gasteiger partial charge in [-0.05, 0) is 88.2 Å². The van der Waals surface area contributed by atoms with Gasteiger partial charge in [-0.1, -0.05) is 66.2 Å². The molecule has 4 rings (SSSR count). The van der Waals surface area contributed by atoms with Gasteiger partial charge in [0.1, 0.15) is 24.1 Å². The van der Waals surface area contributed by atoms with Crippen molar-refractivity contribution in [3.8, 4) is 11.5 Å². The smallest absolute Gasteiger partial charge is 0.264 e. The van der Waals surface area contributed by atoms with Crippen LogP contribution in [0.2, 0.25) is 0 Å². The van der Waals surface area contributed by atoms with E-state index in [2.05, 4.69) is 5.32 Å². The molecule has 0 bridgehead atoms. The number of ether oxygens (including phenoxy) is 1. The zero-order valence-corrected chi connectivity index (χ0v) is 26.3. The van der Waals surface area contributed by atoms with E-state index in [1.807, 2.05) is 81.4 Å². The molecule has 9 heteroatoms. The van der Waals surface area contributed by atoms with Crippen molar-refractivity contribution in [2.24, 2.45) is 0 Å². The first-order valence-corrected chi connectivity index (χ1v) is 16.0. The number of anilines is 1. The number of carbonyl (C=O) groups excluding carboxylic acids is 2. The average Bonchev–Trinajstić information content (AvgIpc) is 3.01. The Hall–Kier alpha value is -4.63. The summed E-state index contributed by atoms with van der Waals surface area (Å²) in [5, 5.41) is 2.87. The van der Waals surface area contributed by atoms with Gasteiger partial charge in [-0.2, -0.15) is 0 Å². The van der Waals surface area contributed by atoms with Gasteiger partial charge in [0.15, 0.2) is 0 Å². The number of amides is 2. The standard InChI is InChI=1S/C35H39N3O5S/c1-26(2)36-35(40)28(4)37(24-23-29-11-7-5-8-12-29)34(39)25-38(44(41,42)33-21-15-27(3)16-22-33)30-17-19-32(20-18-30)43-31-13-9-6-10-14-31/h5-22,26,28H,23-25H2,1-4H3,(H,36,40)/t28-/m1/s1. The summed E-state index contributed by atoms with van der Waals surface area (Å²) in [6.45, 7) is 6.97. The number of carbonyl (C=O) groups is 2. The van der Waals surface area contributed by atoms with Gasteiger partial charge in [-0.15, -0.1) is 0 Å². The molecular weight excluding hydrogens is 574 g/mol. The van der Waals surface area contributed by atoms with Crippen LogP contribution in [0.5, 0.6) is 11.5 Å². The maximum absolute atomic E-state index is 14.1. The Kier molecular flexibility index (Phi) is 10.8. The number of aryl methyl sites for hydroxylation is 1. The van der Waals surface area contributed by atoms with Gasteiger partial charge in [0.25, 0.3) is 10.0 Å². The molecule has 0 aliphatic heterocycles. The van der Waals surface area contributed by atoms with Crippen LogP contribution in [0.15, 0.2) is 114 Å². The molecule has 0 saturated heterocycles. The van der Waals surface area contributed by atoms with Crippen LogP contribution in [0.1, 0.15) is 31.9 Å². The third kappa shape index (κ3) is 8.48. The Balaban J connectivity index is 1.67. The van der Waals surface area contributed by atoms with Gasteiger partial charge >= 0.3 is 0 Å². The lowest BCUT2D eigenvalue weighted by atomic mass is 10.1. The van der Waals surface area contributed by atoms with E-state index in [0.29, 0.717) is 23.6 Å². The summed E-state index contributed by atoms with van der Waals surface area (Å²) in [6.07, 6.45) is 0.502. The highest BCUT2D eigenvalue weighted by molar-refractivity contribution is 7.92. The maximum atomic E-state index is 14.1. The van der Waals surface area contributed by atoms with Crippen molar-refractivity contribution in [1.82, 2.24) is 10.2 Å². The van der Waals surface area contributed by atoms with Crippen molar-refractivity contribution in [2.75, 3.05) is 17.4 Å². The fourth-order valence-corrected chi connectivity index (χ4v) is 6.06. The largest absolute Gasteiger partial charge is 0.457 e. The van der Waals surface area contributed by atoms with Gasteiger partial charge in [0, 0.05) is 12.6 Å². The number of para-hydroxylation sites is 1. The zero-order chi connectivity index (χ0) is 31.7. The molecule has 4 aromatic rings. The summed E-state index contributed by atoms with van der Waals surface area (Å²) >= 11 is 0. The molecule has 2 amide bonds. The predicted octanol–water partition coefficient (Wildman–Crippen LogP) is 5.97. The van der Waals surface area contributed by atoms with Crippen LogP contribution < -0.4 is 14.4 Å². The van der Waals surface area contributed by atoms with E-state index >= 15 is 0 Å². The highest BCUT2D eigenvalue weighted by Gasteiger charge is 2.32. The lowest BCUT2D eigenvalue weighted by molar-refractivity contribution is -0.139. The summed E-state index contributed by atoms with van der Waals surface area (Å²) in [6, 6.07) is 31.0. The minimum absolute atomic E-state index is 0.0574. The number of rotatable bonds is 13. The molecule has 1 atom stereocenters. The van der Waals surface area contributed by atoms with Crippen LogP contribution in [-0.4, -0.2) is 50.3 Å². The Morgan fingerprint density at radius 2 is 1.34 bits per heavy atom. The molecule has 0 aromatic heterocycles. The van der Waals surface area contributed by atoms with Gasteiger partial charge < -0.3 is 15.0 Å². The van der Waals surface area contributed by atoms with E-state index < -0.39 is 28.5 Å². The summed E-state index contributed by atoms with van der Waals surface area (Å²) in [5.41, 5.74) is 2.20. The molecule has 0 heterocycles. The molecule has 0 aliphatic carbocycles. The molecule has 0 spiro atoms. The molecule has 0 radical (unpaired) electrons. The lowest BCUT2D eigenvalue weighted by Crippen LogP contribution is -2.53. The topological polar surface area (TPSA) is 96.0 Å². The van der Waals surface area contributed by atoms with E-state index in [4.69, 9.17) is 4.74 Å². The van der Waals surface area contributed by atoms with Crippen LogP contribution in [0.25, 0.3) is 0 Å². The first kappa shape index (κ1) is 32.3. The molecule has 230 valence electrons. The van der Waals surface area contributed by atoms with Gasteiger partial charge in [-0.3, -0.25) is 13.9 Å².